The fourth-order valence-corrected chi connectivity index (χ4v) is 3.63. The monoisotopic (exact) mass is 405 g/mol. The van der Waals surface area contributed by atoms with Gasteiger partial charge in [0, 0.05) is 23.7 Å². The summed E-state index contributed by atoms with van der Waals surface area (Å²) in [6.45, 7) is 4.05. The molecule has 3 aromatic rings. The Morgan fingerprint density at radius 1 is 1.30 bits per heavy atom. The van der Waals surface area contributed by atoms with E-state index in [2.05, 4.69) is 20.4 Å². The van der Waals surface area contributed by atoms with Gasteiger partial charge in [0.1, 0.15) is 6.04 Å². The van der Waals surface area contributed by atoms with E-state index >= 15 is 0 Å². The minimum absolute atomic E-state index is 0.171. The van der Waals surface area contributed by atoms with Gasteiger partial charge in [-0.15, -0.1) is 5.10 Å². The Labute approximate surface area is 172 Å². The summed E-state index contributed by atoms with van der Waals surface area (Å²) in [4.78, 5) is 21.6. The van der Waals surface area contributed by atoms with Crippen LogP contribution in [0, 0.1) is 0 Å². The van der Waals surface area contributed by atoms with Gasteiger partial charge in [0.2, 0.25) is 12.7 Å². The number of ether oxygens (including phenoxy) is 3. The van der Waals surface area contributed by atoms with Crippen LogP contribution in [0.3, 0.4) is 0 Å². The number of anilines is 1. The average molecular weight is 405 g/mol. The first kappa shape index (κ1) is 18.2. The van der Waals surface area contributed by atoms with E-state index in [0.29, 0.717) is 34.5 Å². The lowest BCUT2D eigenvalue weighted by molar-refractivity contribution is -0.139. The highest BCUT2D eigenvalue weighted by atomic mass is 16.7. The number of nitrogens with zero attached hydrogens (tertiary/aromatic N) is 4. The van der Waals surface area contributed by atoms with Crippen molar-refractivity contribution < 1.29 is 19.0 Å². The molecule has 0 saturated carbocycles. The third-order valence-electron chi connectivity index (χ3n) is 4.98. The smallest absolute Gasteiger partial charge is 0.338 e. The molecule has 0 fully saturated rings. The average Bonchev–Trinajstić information content (AvgIpc) is 3.39. The van der Waals surface area contributed by atoms with Gasteiger partial charge in [0.15, 0.2) is 17.3 Å². The Bertz CT molecular complexity index is 1160. The molecule has 0 radical (unpaired) electrons. The normalized spacial score (nSPS) is 16.8. The Morgan fingerprint density at radius 2 is 2.17 bits per heavy atom. The van der Waals surface area contributed by atoms with Crippen LogP contribution in [0.2, 0.25) is 0 Å². The Balaban J connectivity index is 1.66. The lowest BCUT2D eigenvalue weighted by atomic mass is 9.95. The molecule has 2 aliphatic rings. The van der Waals surface area contributed by atoms with Gasteiger partial charge in [0.25, 0.3) is 0 Å². The van der Waals surface area contributed by atoms with Crippen LogP contribution in [-0.2, 0) is 9.53 Å². The molecule has 1 aromatic carbocycles. The van der Waals surface area contributed by atoms with Gasteiger partial charge in [-0.25, -0.2) is 9.48 Å². The topological polar surface area (TPSA) is 100 Å². The van der Waals surface area contributed by atoms with Gasteiger partial charge in [-0.05, 0) is 43.7 Å². The molecular formula is C21H19N5O4. The minimum atomic E-state index is -0.535. The van der Waals surface area contributed by atoms with Crippen LogP contribution in [0.5, 0.6) is 11.5 Å². The van der Waals surface area contributed by atoms with Crippen molar-refractivity contribution in [2.75, 3.05) is 18.7 Å². The standard InChI is InChI=1S/C21H19N5O4/c1-3-28-20(27)17-12(2)23-21-24-19(14-5-4-8-22-10-14)25-26(21)18(17)13-6-7-15-16(9-13)30-11-29-15/h4-10,18H,3,11H2,1-2H3,(H,23,24,25). The predicted molar refractivity (Wildman–Crippen MR) is 107 cm³/mol. The van der Waals surface area contributed by atoms with E-state index in [1.54, 1.807) is 24.0 Å². The van der Waals surface area contributed by atoms with E-state index in [4.69, 9.17) is 14.2 Å². The largest absolute Gasteiger partial charge is 0.463 e. The van der Waals surface area contributed by atoms with Gasteiger partial charge >= 0.3 is 5.97 Å². The van der Waals surface area contributed by atoms with E-state index in [1.165, 1.54) is 0 Å². The third-order valence-corrected chi connectivity index (χ3v) is 4.98. The number of esters is 1. The summed E-state index contributed by atoms with van der Waals surface area (Å²) < 4.78 is 18.0. The third kappa shape index (κ3) is 2.95. The van der Waals surface area contributed by atoms with Crippen LogP contribution < -0.4 is 14.8 Å². The predicted octanol–water partition coefficient (Wildman–Crippen LogP) is 2.92. The molecule has 152 valence electrons. The van der Waals surface area contributed by atoms with E-state index in [-0.39, 0.29) is 13.4 Å². The van der Waals surface area contributed by atoms with Crippen molar-refractivity contribution in [3.05, 3.63) is 59.6 Å². The summed E-state index contributed by atoms with van der Waals surface area (Å²) in [5.41, 5.74) is 2.72. The van der Waals surface area contributed by atoms with Crippen molar-refractivity contribution in [2.45, 2.75) is 19.9 Å². The molecule has 0 aliphatic carbocycles. The molecule has 0 amide bonds. The number of benzene rings is 1. The van der Waals surface area contributed by atoms with Crippen LogP contribution in [0.15, 0.2) is 54.0 Å². The highest BCUT2D eigenvalue weighted by molar-refractivity contribution is 5.92. The molecular weight excluding hydrogens is 386 g/mol. The molecule has 0 spiro atoms. The van der Waals surface area contributed by atoms with Gasteiger partial charge in [-0.1, -0.05) is 6.07 Å². The summed E-state index contributed by atoms with van der Waals surface area (Å²) in [7, 11) is 0. The fraction of sp³-hybridized carbons (Fsp3) is 0.238. The number of nitrogens with one attached hydrogen (secondary N) is 1. The highest BCUT2D eigenvalue weighted by Gasteiger charge is 2.36. The number of allylic oxidation sites excluding steroid dienone is 1. The van der Waals surface area contributed by atoms with E-state index in [1.807, 2.05) is 37.3 Å². The molecule has 4 heterocycles. The number of hydrogen-bond acceptors (Lipinski definition) is 8. The van der Waals surface area contributed by atoms with Gasteiger partial charge < -0.3 is 19.5 Å². The number of rotatable bonds is 4. The maximum absolute atomic E-state index is 12.9. The Morgan fingerprint density at radius 3 is 2.97 bits per heavy atom. The first-order chi connectivity index (χ1) is 14.7. The number of hydrogen-bond donors (Lipinski definition) is 1. The zero-order valence-corrected chi connectivity index (χ0v) is 16.5. The second-order valence-electron chi connectivity index (χ2n) is 6.84. The molecule has 5 rings (SSSR count). The van der Waals surface area contributed by atoms with Crippen LogP contribution in [0.25, 0.3) is 11.4 Å². The van der Waals surface area contributed by atoms with Crippen molar-refractivity contribution in [3.63, 3.8) is 0 Å². The minimum Gasteiger partial charge on any atom is -0.463 e. The summed E-state index contributed by atoms with van der Waals surface area (Å²) in [6.07, 6.45) is 3.39. The van der Waals surface area contributed by atoms with Crippen molar-refractivity contribution in [1.82, 2.24) is 19.7 Å². The molecule has 1 N–H and O–H groups in total. The second-order valence-corrected chi connectivity index (χ2v) is 6.84. The molecule has 2 aliphatic heterocycles. The quantitative estimate of drug-likeness (QED) is 0.662. The SMILES string of the molecule is CCOC(=O)C1=C(C)Nc2nc(-c3cccnc3)nn2C1c1ccc2c(c1)OCO2. The van der Waals surface area contributed by atoms with Crippen molar-refractivity contribution in [1.29, 1.82) is 0 Å². The van der Waals surface area contributed by atoms with Crippen LogP contribution in [0.1, 0.15) is 25.5 Å². The summed E-state index contributed by atoms with van der Waals surface area (Å²) >= 11 is 0. The number of aromatic nitrogens is 4. The van der Waals surface area contributed by atoms with Crippen molar-refractivity contribution >= 4 is 11.9 Å². The first-order valence-electron chi connectivity index (χ1n) is 9.57. The van der Waals surface area contributed by atoms with E-state index in [0.717, 1.165) is 11.1 Å². The maximum atomic E-state index is 12.9. The van der Waals surface area contributed by atoms with Crippen molar-refractivity contribution in [2.24, 2.45) is 0 Å². The number of carbonyl (C=O) groups is 1. The fourth-order valence-electron chi connectivity index (χ4n) is 3.63. The molecule has 30 heavy (non-hydrogen) atoms. The van der Waals surface area contributed by atoms with Gasteiger partial charge in [0.05, 0.1) is 12.2 Å². The zero-order chi connectivity index (χ0) is 20.7. The number of fused-ring (bicyclic) bond motifs is 2. The highest BCUT2D eigenvalue weighted by Crippen LogP contribution is 2.41. The van der Waals surface area contributed by atoms with Crippen LogP contribution in [-0.4, -0.2) is 39.1 Å². The maximum Gasteiger partial charge on any atom is 0.338 e. The Hall–Kier alpha value is -3.88. The Kier molecular flexibility index (Phi) is 4.35. The van der Waals surface area contributed by atoms with Crippen LogP contribution in [0.4, 0.5) is 5.95 Å². The molecule has 0 saturated heterocycles. The molecule has 9 nitrogen and oxygen atoms in total. The molecule has 9 heteroatoms. The summed E-state index contributed by atoms with van der Waals surface area (Å²) in [6, 6.07) is 8.76. The molecule has 2 aromatic heterocycles. The molecule has 1 atom stereocenters. The number of carbonyl (C=O) groups excluding carboxylic acids is 1. The van der Waals surface area contributed by atoms with Gasteiger partial charge in [-0.3, -0.25) is 4.98 Å². The molecule has 0 bridgehead atoms. The zero-order valence-electron chi connectivity index (χ0n) is 16.5. The lowest BCUT2D eigenvalue weighted by Gasteiger charge is -2.28. The first-order valence-corrected chi connectivity index (χ1v) is 9.57. The van der Waals surface area contributed by atoms with Gasteiger partial charge in [-0.2, -0.15) is 4.98 Å². The van der Waals surface area contributed by atoms with E-state index < -0.39 is 12.0 Å². The van der Waals surface area contributed by atoms with E-state index in [9.17, 15) is 4.79 Å². The summed E-state index contributed by atoms with van der Waals surface area (Å²) in [5, 5.41) is 7.87. The molecule has 1 unspecified atom stereocenters. The van der Waals surface area contributed by atoms with Crippen molar-refractivity contribution in [3.8, 4) is 22.9 Å². The lowest BCUT2D eigenvalue weighted by Crippen LogP contribution is -2.29. The second kappa shape index (κ2) is 7.18. The number of pyridine rings is 1. The van der Waals surface area contributed by atoms with Crippen LogP contribution >= 0.6 is 0 Å². The summed E-state index contributed by atoms with van der Waals surface area (Å²) in [5.74, 6) is 1.92.